The van der Waals surface area contributed by atoms with Crippen molar-refractivity contribution in [3.05, 3.63) is 48.5 Å². The molecule has 100 valence electrons. The Hall–Kier alpha value is -1.98. The van der Waals surface area contributed by atoms with Gasteiger partial charge in [0.25, 0.3) is 0 Å². The van der Waals surface area contributed by atoms with Crippen molar-refractivity contribution in [2.45, 2.75) is 0 Å². The lowest BCUT2D eigenvalue weighted by atomic mass is 10.2. The van der Waals surface area contributed by atoms with Crippen LogP contribution < -0.4 is 10.6 Å². The van der Waals surface area contributed by atoms with Crippen molar-refractivity contribution in [1.29, 1.82) is 0 Å². The van der Waals surface area contributed by atoms with Gasteiger partial charge in [-0.05, 0) is 48.6 Å². The third-order valence-corrected chi connectivity index (χ3v) is 4.30. The number of nitrogens with one attached hydrogen (secondary N) is 2. The van der Waals surface area contributed by atoms with Crippen molar-refractivity contribution in [2.24, 2.45) is 0 Å². The van der Waals surface area contributed by atoms with Crippen LogP contribution in [-0.2, 0) is 0 Å². The van der Waals surface area contributed by atoms with Gasteiger partial charge < -0.3 is 10.6 Å². The quantitative estimate of drug-likeness (QED) is 0.704. The molecule has 0 aliphatic heterocycles. The summed E-state index contributed by atoms with van der Waals surface area (Å²) < 4.78 is 1.21. The second-order valence-electron chi connectivity index (χ2n) is 4.27. The maximum atomic E-state index is 5.07. The Kier molecular flexibility index (Phi) is 3.62. The Morgan fingerprint density at radius 3 is 2.55 bits per heavy atom. The molecule has 2 N–H and O–H groups in total. The van der Waals surface area contributed by atoms with Gasteiger partial charge in [0.15, 0.2) is 5.11 Å². The number of benzene rings is 2. The van der Waals surface area contributed by atoms with Crippen molar-refractivity contribution in [2.75, 3.05) is 12.4 Å². The molecule has 0 saturated heterocycles. The van der Waals surface area contributed by atoms with E-state index in [1.54, 1.807) is 18.4 Å². The van der Waals surface area contributed by atoms with E-state index in [1.165, 1.54) is 4.70 Å². The molecule has 20 heavy (non-hydrogen) atoms. The Morgan fingerprint density at radius 1 is 1.10 bits per heavy atom. The van der Waals surface area contributed by atoms with E-state index in [0.717, 1.165) is 21.8 Å². The van der Waals surface area contributed by atoms with Crippen LogP contribution in [0.1, 0.15) is 0 Å². The Labute approximate surface area is 126 Å². The minimum Gasteiger partial charge on any atom is -0.366 e. The Bertz CT molecular complexity index is 714. The van der Waals surface area contributed by atoms with Crippen molar-refractivity contribution in [3.8, 4) is 10.6 Å². The third-order valence-electron chi connectivity index (χ3n) is 2.91. The molecule has 5 heteroatoms. The largest absolute Gasteiger partial charge is 0.366 e. The molecular formula is C15H13N3S2. The van der Waals surface area contributed by atoms with Crippen LogP contribution in [0.2, 0.25) is 0 Å². The summed E-state index contributed by atoms with van der Waals surface area (Å²) in [5.41, 5.74) is 3.13. The normalized spacial score (nSPS) is 10.4. The maximum absolute atomic E-state index is 5.07. The second-order valence-corrected chi connectivity index (χ2v) is 5.71. The van der Waals surface area contributed by atoms with E-state index in [9.17, 15) is 0 Å². The van der Waals surface area contributed by atoms with Gasteiger partial charge in [0, 0.05) is 18.3 Å². The number of hydrogen-bond acceptors (Lipinski definition) is 3. The Balaban J connectivity index is 1.88. The van der Waals surface area contributed by atoms with Crippen LogP contribution in [0.3, 0.4) is 0 Å². The van der Waals surface area contributed by atoms with Gasteiger partial charge in [-0.15, -0.1) is 11.3 Å². The lowest BCUT2D eigenvalue weighted by Crippen LogP contribution is -2.23. The average Bonchev–Trinajstić information content (AvgIpc) is 2.91. The summed E-state index contributed by atoms with van der Waals surface area (Å²) in [5.74, 6) is 0. The standard InChI is InChI=1S/C15H13N3S2/c1-16-15(19)17-11-8-6-10(7-9-11)14-18-12-4-2-3-5-13(12)20-14/h2-9H,1H3,(H2,16,17,19). The minimum atomic E-state index is 0.609. The first-order valence-electron chi connectivity index (χ1n) is 6.21. The predicted octanol–water partition coefficient (Wildman–Crippen LogP) is 3.88. The fourth-order valence-corrected chi connectivity index (χ4v) is 2.97. The molecule has 1 aromatic heterocycles. The molecule has 0 atom stereocenters. The number of para-hydroxylation sites is 1. The van der Waals surface area contributed by atoms with Crippen LogP contribution in [0, 0.1) is 0 Å². The zero-order valence-corrected chi connectivity index (χ0v) is 12.5. The van der Waals surface area contributed by atoms with E-state index in [-0.39, 0.29) is 0 Å². The van der Waals surface area contributed by atoms with Gasteiger partial charge in [0.05, 0.1) is 10.2 Å². The molecule has 0 fully saturated rings. The molecular weight excluding hydrogens is 286 g/mol. The zero-order valence-electron chi connectivity index (χ0n) is 10.9. The number of nitrogens with zero attached hydrogens (tertiary/aromatic N) is 1. The van der Waals surface area contributed by atoms with Crippen LogP contribution in [-0.4, -0.2) is 17.1 Å². The van der Waals surface area contributed by atoms with E-state index in [0.29, 0.717) is 5.11 Å². The van der Waals surface area contributed by atoms with E-state index >= 15 is 0 Å². The topological polar surface area (TPSA) is 37.0 Å². The molecule has 0 amide bonds. The Morgan fingerprint density at radius 2 is 1.85 bits per heavy atom. The minimum absolute atomic E-state index is 0.609. The van der Waals surface area contributed by atoms with Crippen molar-refractivity contribution < 1.29 is 0 Å². The van der Waals surface area contributed by atoms with Crippen LogP contribution in [0.15, 0.2) is 48.5 Å². The zero-order chi connectivity index (χ0) is 13.9. The van der Waals surface area contributed by atoms with Crippen LogP contribution in [0.5, 0.6) is 0 Å². The predicted molar refractivity (Wildman–Crippen MR) is 90.3 cm³/mol. The number of thiocarbonyl (C=S) groups is 1. The monoisotopic (exact) mass is 299 g/mol. The summed E-state index contributed by atoms with van der Waals surface area (Å²) >= 11 is 6.78. The lowest BCUT2D eigenvalue weighted by molar-refractivity contribution is 1.20. The highest BCUT2D eigenvalue weighted by Gasteiger charge is 2.05. The SMILES string of the molecule is CNC(=S)Nc1ccc(-c2nc3ccccc3s2)cc1. The highest BCUT2D eigenvalue weighted by molar-refractivity contribution is 7.80. The van der Waals surface area contributed by atoms with Gasteiger partial charge in [-0.25, -0.2) is 4.98 Å². The van der Waals surface area contributed by atoms with Gasteiger partial charge >= 0.3 is 0 Å². The van der Waals surface area contributed by atoms with Crippen molar-refractivity contribution in [1.82, 2.24) is 10.3 Å². The number of aromatic nitrogens is 1. The van der Waals surface area contributed by atoms with Gasteiger partial charge in [-0.3, -0.25) is 0 Å². The molecule has 1 heterocycles. The van der Waals surface area contributed by atoms with Gasteiger partial charge in [0.2, 0.25) is 0 Å². The van der Waals surface area contributed by atoms with Gasteiger partial charge in [0.1, 0.15) is 5.01 Å². The average molecular weight is 299 g/mol. The number of anilines is 1. The fraction of sp³-hybridized carbons (Fsp3) is 0.0667. The first kappa shape index (κ1) is 13.0. The molecule has 0 radical (unpaired) electrons. The van der Waals surface area contributed by atoms with Crippen molar-refractivity contribution >= 4 is 44.6 Å². The van der Waals surface area contributed by atoms with Crippen LogP contribution >= 0.6 is 23.6 Å². The summed E-state index contributed by atoms with van der Waals surface area (Å²) in [6, 6.07) is 16.3. The highest BCUT2D eigenvalue weighted by atomic mass is 32.1. The van der Waals surface area contributed by atoms with E-state index in [1.807, 2.05) is 30.3 Å². The molecule has 0 spiro atoms. The number of rotatable bonds is 2. The molecule has 0 bridgehead atoms. The van der Waals surface area contributed by atoms with E-state index < -0.39 is 0 Å². The van der Waals surface area contributed by atoms with Crippen LogP contribution in [0.25, 0.3) is 20.8 Å². The van der Waals surface area contributed by atoms with Gasteiger partial charge in [-0.1, -0.05) is 12.1 Å². The summed E-state index contributed by atoms with van der Waals surface area (Å²) in [7, 11) is 1.80. The van der Waals surface area contributed by atoms with Crippen molar-refractivity contribution in [3.63, 3.8) is 0 Å². The van der Waals surface area contributed by atoms with Gasteiger partial charge in [-0.2, -0.15) is 0 Å². The summed E-state index contributed by atoms with van der Waals surface area (Å²) in [6.07, 6.45) is 0. The molecule has 0 unspecified atom stereocenters. The lowest BCUT2D eigenvalue weighted by Gasteiger charge is -2.06. The number of hydrogen-bond donors (Lipinski definition) is 2. The third kappa shape index (κ3) is 2.64. The number of thiazole rings is 1. The maximum Gasteiger partial charge on any atom is 0.170 e. The molecule has 0 saturated carbocycles. The first-order chi connectivity index (χ1) is 9.76. The smallest absolute Gasteiger partial charge is 0.170 e. The molecule has 2 aromatic carbocycles. The molecule has 3 nitrogen and oxygen atoms in total. The molecule has 3 aromatic rings. The fourth-order valence-electron chi connectivity index (χ4n) is 1.89. The molecule has 0 aliphatic carbocycles. The highest BCUT2D eigenvalue weighted by Crippen LogP contribution is 2.30. The first-order valence-corrected chi connectivity index (χ1v) is 7.43. The van der Waals surface area contributed by atoms with E-state index in [2.05, 4.69) is 33.8 Å². The second kappa shape index (κ2) is 5.56. The molecule has 3 rings (SSSR count). The van der Waals surface area contributed by atoms with E-state index in [4.69, 9.17) is 12.2 Å². The molecule has 0 aliphatic rings. The number of fused-ring (bicyclic) bond motifs is 1. The summed E-state index contributed by atoms with van der Waals surface area (Å²) in [6.45, 7) is 0. The summed E-state index contributed by atoms with van der Waals surface area (Å²) in [5, 5.41) is 7.63. The van der Waals surface area contributed by atoms with Crippen LogP contribution in [0.4, 0.5) is 5.69 Å². The summed E-state index contributed by atoms with van der Waals surface area (Å²) in [4.78, 5) is 4.65.